The topological polar surface area (TPSA) is 35.5 Å². The van der Waals surface area contributed by atoms with Gasteiger partial charge in [0.25, 0.3) is 0 Å². The predicted molar refractivity (Wildman–Crippen MR) is 75.7 cm³/mol. The summed E-state index contributed by atoms with van der Waals surface area (Å²) in [6.45, 7) is 5.30. The first-order chi connectivity index (χ1) is 8.60. The van der Waals surface area contributed by atoms with E-state index in [1.54, 1.807) is 0 Å². The molecule has 2 rings (SSSR count). The number of nitrogens with zero attached hydrogens (tertiary/aromatic N) is 1. The summed E-state index contributed by atoms with van der Waals surface area (Å²) in [7, 11) is 2.21. The zero-order chi connectivity index (χ0) is 13.0. The van der Waals surface area contributed by atoms with E-state index in [1.807, 2.05) is 6.92 Å². The Hall–Kier alpha value is -0.120. The lowest BCUT2D eigenvalue weighted by Gasteiger charge is -2.34. The van der Waals surface area contributed by atoms with Gasteiger partial charge in [-0.25, -0.2) is 0 Å². The summed E-state index contributed by atoms with van der Waals surface area (Å²) in [5.41, 5.74) is 0.510. The third-order valence-electron chi connectivity index (χ3n) is 4.54. The molecule has 0 aromatic heterocycles. The van der Waals surface area contributed by atoms with E-state index in [0.717, 1.165) is 19.0 Å². The maximum Gasteiger partial charge on any atom is 0.0524 e. The molecule has 2 aliphatic carbocycles. The molecule has 0 heterocycles. The summed E-state index contributed by atoms with van der Waals surface area (Å²) in [6.07, 6.45) is 9.05. The van der Waals surface area contributed by atoms with Gasteiger partial charge in [0.2, 0.25) is 0 Å². The van der Waals surface area contributed by atoms with Crippen LogP contribution in [-0.4, -0.2) is 48.8 Å². The summed E-state index contributed by atoms with van der Waals surface area (Å²) < 4.78 is 0. The molecule has 0 radical (unpaired) electrons. The number of aliphatic hydroxyl groups excluding tert-OH is 1. The van der Waals surface area contributed by atoms with E-state index < -0.39 is 0 Å². The molecule has 2 saturated carbocycles. The zero-order valence-corrected chi connectivity index (χ0v) is 12.1. The second kappa shape index (κ2) is 6.36. The highest BCUT2D eigenvalue weighted by Gasteiger charge is 2.36. The van der Waals surface area contributed by atoms with E-state index >= 15 is 0 Å². The Morgan fingerprint density at radius 3 is 2.56 bits per heavy atom. The lowest BCUT2D eigenvalue weighted by Crippen LogP contribution is -2.42. The first-order valence-electron chi connectivity index (χ1n) is 7.70. The molecule has 18 heavy (non-hydrogen) atoms. The van der Waals surface area contributed by atoms with Crippen LogP contribution < -0.4 is 5.32 Å². The molecular formula is C15H30N2O. The van der Waals surface area contributed by atoms with Gasteiger partial charge in [-0.1, -0.05) is 12.8 Å². The second-order valence-electron chi connectivity index (χ2n) is 6.74. The van der Waals surface area contributed by atoms with Crippen LogP contribution in [0.1, 0.15) is 51.9 Å². The molecule has 0 spiro atoms. The Kier molecular flexibility index (Phi) is 5.05. The van der Waals surface area contributed by atoms with Crippen LogP contribution >= 0.6 is 0 Å². The van der Waals surface area contributed by atoms with Crippen molar-refractivity contribution in [2.75, 3.05) is 26.7 Å². The third-order valence-corrected chi connectivity index (χ3v) is 4.54. The second-order valence-corrected chi connectivity index (χ2v) is 6.74. The average Bonchev–Trinajstić information content (AvgIpc) is 3.05. The van der Waals surface area contributed by atoms with Gasteiger partial charge < -0.3 is 15.3 Å². The van der Waals surface area contributed by atoms with Crippen molar-refractivity contribution in [2.24, 2.45) is 5.41 Å². The van der Waals surface area contributed by atoms with Crippen molar-refractivity contribution >= 4 is 0 Å². The van der Waals surface area contributed by atoms with Gasteiger partial charge in [-0.3, -0.25) is 0 Å². The van der Waals surface area contributed by atoms with E-state index in [2.05, 4.69) is 17.3 Å². The van der Waals surface area contributed by atoms with Gasteiger partial charge in [0.15, 0.2) is 0 Å². The first kappa shape index (κ1) is 14.3. The summed E-state index contributed by atoms with van der Waals surface area (Å²) in [5.74, 6) is 0. The summed E-state index contributed by atoms with van der Waals surface area (Å²) >= 11 is 0. The van der Waals surface area contributed by atoms with Crippen LogP contribution in [0.15, 0.2) is 0 Å². The Labute approximate surface area is 112 Å². The van der Waals surface area contributed by atoms with Crippen molar-refractivity contribution < 1.29 is 5.11 Å². The van der Waals surface area contributed by atoms with Crippen LogP contribution in [0.25, 0.3) is 0 Å². The van der Waals surface area contributed by atoms with E-state index in [4.69, 9.17) is 0 Å². The van der Waals surface area contributed by atoms with Crippen molar-refractivity contribution in [3.8, 4) is 0 Å². The third kappa shape index (κ3) is 4.52. The SMILES string of the molecule is CC(O)CCN(C)CC1(CNC2CC2)CCCC1. The van der Waals surface area contributed by atoms with E-state index in [9.17, 15) is 5.11 Å². The van der Waals surface area contributed by atoms with Crippen LogP contribution in [0.4, 0.5) is 0 Å². The number of hydrogen-bond donors (Lipinski definition) is 2. The number of aliphatic hydroxyl groups is 1. The lowest BCUT2D eigenvalue weighted by atomic mass is 9.85. The molecule has 2 fully saturated rings. The maximum absolute atomic E-state index is 9.37. The van der Waals surface area contributed by atoms with Crippen LogP contribution in [0.3, 0.4) is 0 Å². The van der Waals surface area contributed by atoms with Crippen LogP contribution in [0.5, 0.6) is 0 Å². The van der Waals surface area contributed by atoms with Crippen LogP contribution in [0, 0.1) is 5.41 Å². The highest BCUT2D eigenvalue weighted by Crippen LogP contribution is 2.39. The molecular weight excluding hydrogens is 224 g/mol. The van der Waals surface area contributed by atoms with Gasteiger partial charge in [-0.15, -0.1) is 0 Å². The normalized spacial score (nSPS) is 24.7. The molecule has 0 amide bonds. The van der Waals surface area contributed by atoms with Gasteiger partial charge in [-0.2, -0.15) is 0 Å². The molecule has 0 aromatic carbocycles. The standard InChI is InChI=1S/C15H30N2O/c1-13(18)7-10-17(2)12-15(8-3-4-9-15)11-16-14-5-6-14/h13-14,16,18H,3-12H2,1-2H3. The Morgan fingerprint density at radius 1 is 1.33 bits per heavy atom. The highest BCUT2D eigenvalue weighted by molar-refractivity contribution is 4.92. The van der Waals surface area contributed by atoms with E-state index in [0.29, 0.717) is 5.41 Å². The molecule has 0 bridgehead atoms. The summed E-state index contributed by atoms with van der Waals surface area (Å²) in [5, 5.41) is 13.1. The molecule has 0 aromatic rings. The van der Waals surface area contributed by atoms with Crippen LogP contribution in [-0.2, 0) is 0 Å². The molecule has 3 heteroatoms. The molecule has 0 aliphatic heterocycles. The average molecular weight is 254 g/mol. The molecule has 3 nitrogen and oxygen atoms in total. The fourth-order valence-corrected chi connectivity index (χ4v) is 3.22. The van der Waals surface area contributed by atoms with Crippen molar-refractivity contribution in [3.63, 3.8) is 0 Å². The quantitative estimate of drug-likeness (QED) is 0.695. The molecule has 106 valence electrons. The maximum atomic E-state index is 9.37. The van der Waals surface area contributed by atoms with Gasteiger partial charge in [0.05, 0.1) is 6.10 Å². The molecule has 1 atom stereocenters. The Bertz CT molecular complexity index is 245. The fourth-order valence-electron chi connectivity index (χ4n) is 3.22. The molecule has 2 aliphatic rings. The highest BCUT2D eigenvalue weighted by atomic mass is 16.3. The number of nitrogens with one attached hydrogen (secondary N) is 1. The van der Waals surface area contributed by atoms with Gasteiger partial charge >= 0.3 is 0 Å². The minimum Gasteiger partial charge on any atom is -0.393 e. The van der Waals surface area contributed by atoms with Crippen molar-refractivity contribution in [3.05, 3.63) is 0 Å². The van der Waals surface area contributed by atoms with Crippen molar-refractivity contribution in [1.82, 2.24) is 10.2 Å². The summed E-state index contributed by atoms with van der Waals surface area (Å²) in [6, 6.07) is 0.824. The number of rotatable bonds is 8. The predicted octanol–water partition coefficient (Wildman–Crippen LogP) is 2.00. The molecule has 2 N–H and O–H groups in total. The zero-order valence-electron chi connectivity index (χ0n) is 12.1. The largest absolute Gasteiger partial charge is 0.393 e. The van der Waals surface area contributed by atoms with Crippen molar-refractivity contribution in [2.45, 2.75) is 64.0 Å². The van der Waals surface area contributed by atoms with Gasteiger partial charge in [-0.05, 0) is 51.5 Å². The van der Waals surface area contributed by atoms with Gasteiger partial charge in [0.1, 0.15) is 0 Å². The smallest absolute Gasteiger partial charge is 0.0524 e. The molecule has 1 unspecified atom stereocenters. The number of hydrogen-bond acceptors (Lipinski definition) is 3. The summed E-state index contributed by atoms with van der Waals surface area (Å²) in [4.78, 5) is 2.42. The Balaban J connectivity index is 1.76. The van der Waals surface area contributed by atoms with E-state index in [-0.39, 0.29) is 6.10 Å². The van der Waals surface area contributed by atoms with E-state index in [1.165, 1.54) is 51.6 Å². The van der Waals surface area contributed by atoms with Crippen LogP contribution in [0.2, 0.25) is 0 Å². The fraction of sp³-hybridized carbons (Fsp3) is 1.00. The lowest BCUT2D eigenvalue weighted by molar-refractivity contribution is 0.134. The monoisotopic (exact) mass is 254 g/mol. The molecule has 0 saturated heterocycles. The van der Waals surface area contributed by atoms with Crippen molar-refractivity contribution in [1.29, 1.82) is 0 Å². The Morgan fingerprint density at radius 2 is 2.00 bits per heavy atom. The minimum atomic E-state index is -0.170. The van der Waals surface area contributed by atoms with Gasteiger partial charge in [0, 0.05) is 25.7 Å². The minimum absolute atomic E-state index is 0.170. The first-order valence-corrected chi connectivity index (χ1v) is 7.70.